The van der Waals surface area contributed by atoms with Crippen LogP contribution in [-0.2, 0) is 14.3 Å². The highest BCUT2D eigenvalue weighted by molar-refractivity contribution is 6.31. The molecule has 0 aliphatic carbocycles. The highest BCUT2D eigenvalue weighted by atomic mass is 35.5. The first-order valence-electron chi connectivity index (χ1n) is 6.99. The van der Waals surface area contributed by atoms with E-state index in [2.05, 4.69) is 5.32 Å². The van der Waals surface area contributed by atoms with E-state index < -0.39 is 5.97 Å². The van der Waals surface area contributed by atoms with Crippen LogP contribution >= 0.6 is 11.6 Å². The van der Waals surface area contributed by atoms with Crippen LogP contribution in [0, 0.1) is 0 Å². The summed E-state index contributed by atoms with van der Waals surface area (Å²) in [7, 11) is 1.44. The number of hydrogen-bond donors (Lipinski definition) is 1. The molecule has 0 radical (unpaired) electrons. The van der Waals surface area contributed by atoms with Crippen LogP contribution in [0.3, 0.4) is 0 Å². The number of carbonyl (C=O) groups is 2. The standard InChI is InChI=1S/C15H18ClNO5/c1-20-13-5-4-10(16)7-12(13)15(19)22-9-14(18)17-8-11-3-2-6-21-11/h4-5,7,11H,2-3,6,8-9H2,1H3,(H,17,18)/t11-/m0/s1. The summed E-state index contributed by atoms with van der Waals surface area (Å²) in [5.41, 5.74) is 0.182. The second-order valence-corrected chi connectivity index (χ2v) is 5.30. The van der Waals surface area contributed by atoms with E-state index in [1.165, 1.54) is 13.2 Å². The second-order valence-electron chi connectivity index (χ2n) is 4.86. The van der Waals surface area contributed by atoms with Gasteiger partial charge in [0.05, 0.1) is 13.2 Å². The van der Waals surface area contributed by atoms with Gasteiger partial charge in [-0.15, -0.1) is 0 Å². The van der Waals surface area contributed by atoms with Gasteiger partial charge in [0.15, 0.2) is 6.61 Å². The van der Waals surface area contributed by atoms with E-state index in [9.17, 15) is 9.59 Å². The molecule has 2 rings (SSSR count). The Kier molecular flexibility index (Phi) is 6.03. The molecule has 1 amide bonds. The first kappa shape index (κ1) is 16.6. The highest BCUT2D eigenvalue weighted by Gasteiger charge is 2.18. The average molecular weight is 328 g/mol. The molecule has 1 aromatic carbocycles. The van der Waals surface area contributed by atoms with Crippen molar-refractivity contribution in [1.82, 2.24) is 5.32 Å². The first-order chi connectivity index (χ1) is 10.6. The lowest BCUT2D eigenvalue weighted by molar-refractivity contribution is -0.124. The average Bonchev–Trinajstić information content (AvgIpc) is 3.04. The minimum absolute atomic E-state index is 0.0488. The first-order valence-corrected chi connectivity index (χ1v) is 7.37. The van der Waals surface area contributed by atoms with Gasteiger partial charge in [0.25, 0.3) is 5.91 Å². The summed E-state index contributed by atoms with van der Waals surface area (Å²) in [6, 6.07) is 4.61. The molecule has 1 aliphatic rings. The summed E-state index contributed by atoms with van der Waals surface area (Å²) in [5.74, 6) is -0.689. The molecule has 1 fully saturated rings. The smallest absolute Gasteiger partial charge is 0.342 e. The second kappa shape index (κ2) is 8.00. The van der Waals surface area contributed by atoms with Crippen molar-refractivity contribution in [2.24, 2.45) is 0 Å². The topological polar surface area (TPSA) is 73.9 Å². The molecule has 0 saturated carbocycles. The molecule has 0 spiro atoms. The Hall–Kier alpha value is -1.79. The van der Waals surface area contributed by atoms with E-state index in [1.807, 2.05) is 0 Å². The molecule has 0 aromatic heterocycles. The Balaban J connectivity index is 1.81. The highest BCUT2D eigenvalue weighted by Crippen LogP contribution is 2.23. The van der Waals surface area contributed by atoms with Crippen LogP contribution in [0.1, 0.15) is 23.2 Å². The van der Waals surface area contributed by atoms with Crippen molar-refractivity contribution in [3.63, 3.8) is 0 Å². The van der Waals surface area contributed by atoms with Crippen molar-refractivity contribution in [3.8, 4) is 5.75 Å². The molecule has 120 valence electrons. The van der Waals surface area contributed by atoms with Gasteiger partial charge in [-0.3, -0.25) is 4.79 Å². The van der Waals surface area contributed by atoms with Gasteiger partial charge in [-0.05, 0) is 31.0 Å². The third-order valence-corrected chi connectivity index (χ3v) is 3.50. The van der Waals surface area contributed by atoms with Crippen molar-refractivity contribution in [1.29, 1.82) is 0 Å². The van der Waals surface area contributed by atoms with Crippen LogP contribution in [0.15, 0.2) is 18.2 Å². The molecular weight excluding hydrogens is 310 g/mol. The van der Waals surface area contributed by atoms with Gasteiger partial charge in [-0.2, -0.15) is 0 Å². The third-order valence-electron chi connectivity index (χ3n) is 3.27. The van der Waals surface area contributed by atoms with Gasteiger partial charge in [-0.1, -0.05) is 11.6 Å². The number of nitrogens with one attached hydrogen (secondary N) is 1. The number of halogens is 1. The predicted octanol–water partition coefficient (Wildman–Crippen LogP) is 1.80. The lowest BCUT2D eigenvalue weighted by atomic mass is 10.2. The van der Waals surface area contributed by atoms with Gasteiger partial charge in [-0.25, -0.2) is 4.79 Å². The minimum atomic E-state index is -0.661. The molecular formula is C15H18ClNO5. The molecule has 1 heterocycles. The molecule has 7 heteroatoms. The normalized spacial score (nSPS) is 17.1. The Bertz CT molecular complexity index is 543. The van der Waals surface area contributed by atoms with Gasteiger partial charge in [0.2, 0.25) is 0 Å². The maximum absolute atomic E-state index is 12.0. The maximum Gasteiger partial charge on any atom is 0.342 e. The number of carbonyl (C=O) groups excluding carboxylic acids is 2. The van der Waals surface area contributed by atoms with Crippen LogP contribution in [0.5, 0.6) is 5.75 Å². The monoisotopic (exact) mass is 327 g/mol. The fourth-order valence-electron chi connectivity index (χ4n) is 2.13. The molecule has 1 aromatic rings. The quantitative estimate of drug-likeness (QED) is 0.806. The Morgan fingerprint density at radius 1 is 1.45 bits per heavy atom. The van der Waals surface area contributed by atoms with E-state index in [0.717, 1.165) is 19.4 Å². The van der Waals surface area contributed by atoms with Crippen LogP contribution in [0.4, 0.5) is 0 Å². The summed E-state index contributed by atoms with van der Waals surface area (Å²) in [6.07, 6.45) is 1.98. The molecule has 22 heavy (non-hydrogen) atoms. The van der Waals surface area contributed by atoms with Gasteiger partial charge in [0.1, 0.15) is 11.3 Å². The Morgan fingerprint density at radius 3 is 2.95 bits per heavy atom. The number of ether oxygens (including phenoxy) is 3. The molecule has 1 atom stereocenters. The fraction of sp³-hybridized carbons (Fsp3) is 0.467. The summed E-state index contributed by atoms with van der Waals surface area (Å²) in [6.45, 7) is 0.794. The van der Waals surface area contributed by atoms with E-state index in [-0.39, 0.29) is 24.2 Å². The molecule has 1 aliphatic heterocycles. The largest absolute Gasteiger partial charge is 0.496 e. The number of benzene rings is 1. The number of esters is 1. The minimum Gasteiger partial charge on any atom is -0.496 e. The van der Waals surface area contributed by atoms with Crippen molar-refractivity contribution in [3.05, 3.63) is 28.8 Å². The molecule has 1 saturated heterocycles. The number of hydrogen-bond acceptors (Lipinski definition) is 5. The molecule has 0 bridgehead atoms. The van der Waals surface area contributed by atoms with Crippen molar-refractivity contribution >= 4 is 23.5 Å². The zero-order chi connectivity index (χ0) is 15.9. The number of methoxy groups -OCH3 is 1. The summed E-state index contributed by atoms with van der Waals surface area (Å²) in [5, 5.41) is 3.06. The predicted molar refractivity (Wildman–Crippen MR) is 80.3 cm³/mol. The summed E-state index contributed by atoms with van der Waals surface area (Å²) in [4.78, 5) is 23.6. The van der Waals surface area contributed by atoms with Gasteiger partial charge in [0, 0.05) is 18.2 Å². The zero-order valence-corrected chi connectivity index (χ0v) is 13.0. The zero-order valence-electron chi connectivity index (χ0n) is 12.3. The van der Waals surface area contributed by atoms with Crippen LogP contribution < -0.4 is 10.1 Å². The lowest BCUT2D eigenvalue weighted by Crippen LogP contribution is -2.34. The Morgan fingerprint density at radius 2 is 2.27 bits per heavy atom. The fourth-order valence-corrected chi connectivity index (χ4v) is 2.30. The lowest BCUT2D eigenvalue weighted by Gasteiger charge is -2.12. The van der Waals surface area contributed by atoms with Crippen LogP contribution in [0.25, 0.3) is 0 Å². The van der Waals surface area contributed by atoms with Gasteiger partial charge < -0.3 is 19.5 Å². The molecule has 0 unspecified atom stereocenters. The SMILES string of the molecule is COc1ccc(Cl)cc1C(=O)OCC(=O)NC[C@@H]1CCCO1. The van der Waals surface area contributed by atoms with E-state index in [0.29, 0.717) is 17.3 Å². The number of rotatable bonds is 6. The van der Waals surface area contributed by atoms with Crippen LogP contribution in [-0.4, -0.2) is 44.8 Å². The molecule has 1 N–H and O–H groups in total. The van der Waals surface area contributed by atoms with Gasteiger partial charge >= 0.3 is 5.97 Å². The van der Waals surface area contributed by atoms with Crippen LogP contribution in [0.2, 0.25) is 5.02 Å². The Labute approximate surface area is 133 Å². The van der Waals surface area contributed by atoms with E-state index in [1.54, 1.807) is 12.1 Å². The number of amides is 1. The van der Waals surface area contributed by atoms with E-state index in [4.69, 9.17) is 25.8 Å². The molecule has 6 nitrogen and oxygen atoms in total. The maximum atomic E-state index is 12.0. The summed E-state index contributed by atoms with van der Waals surface area (Å²) >= 11 is 5.85. The van der Waals surface area contributed by atoms with Crippen molar-refractivity contribution < 1.29 is 23.8 Å². The van der Waals surface area contributed by atoms with E-state index >= 15 is 0 Å². The summed E-state index contributed by atoms with van der Waals surface area (Å²) < 4.78 is 15.4. The third kappa shape index (κ3) is 4.61. The van der Waals surface area contributed by atoms with Crippen molar-refractivity contribution in [2.75, 3.05) is 26.9 Å². The van der Waals surface area contributed by atoms with Crippen molar-refractivity contribution in [2.45, 2.75) is 18.9 Å².